The molecule has 1 aliphatic heterocycles. The SMILES string of the molecule is CCc1nc2n(n1)CCC[C@@H]2NS(=O)(=O)c1cn(C)c(=O)n(C)c1=O. The number of hydrogen-bond donors (Lipinski definition) is 1. The van der Waals surface area contributed by atoms with Crippen molar-refractivity contribution in [1.82, 2.24) is 28.6 Å². The number of nitrogens with one attached hydrogen (secondary N) is 1. The number of rotatable bonds is 4. The first-order chi connectivity index (χ1) is 11.7. The molecule has 1 atom stereocenters. The average Bonchev–Trinajstić information content (AvgIpc) is 3.00. The summed E-state index contributed by atoms with van der Waals surface area (Å²) in [6.07, 6.45) is 3.00. The van der Waals surface area contributed by atoms with Gasteiger partial charge in [0.15, 0.2) is 10.7 Å². The minimum absolute atomic E-state index is 0.468. The van der Waals surface area contributed by atoms with Crippen molar-refractivity contribution in [2.24, 2.45) is 14.1 Å². The Hall–Kier alpha value is -2.27. The van der Waals surface area contributed by atoms with E-state index in [2.05, 4.69) is 14.8 Å². The highest BCUT2D eigenvalue weighted by Gasteiger charge is 2.30. The van der Waals surface area contributed by atoms with Gasteiger partial charge in [-0.2, -0.15) is 5.10 Å². The number of hydrogen-bond acceptors (Lipinski definition) is 6. The Morgan fingerprint density at radius 3 is 2.72 bits per heavy atom. The van der Waals surface area contributed by atoms with Crippen LogP contribution in [-0.2, 0) is 37.1 Å². The molecule has 136 valence electrons. The molecule has 1 aliphatic rings. The molecule has 25 heavy (non-hydrogen) atoms. The van der Waals surface area contributed by atoms with E-state index in [0.29, 0.717) is 31.0 Å². The van der Waals surface area contributed by atoms with Gasteiger partial charge in [-0.25, -0.2) is 27.6 Å². The van der Waals surface area contributed by atoms with Crippen molar-refractivity contribution in [2.45, 2.75) is 43.7 Å². The Kier molecular flexibility index (Phi) is 4.37. The molecule has 0 fully saturated rings. The summed E-state index contributed by atoms with van der Waals surface area (Å²) in [6.45, 7) is 2.61. The summed E-state index contributed by atoms with van der Waals surface area (Å²) < 4.78 is 31.5. The molecule has 3 heterocycles. The fourth-order valence-corrected chi connectivity index (χ4v) is 4.26. The zero-order chi connectivity index (χ0) is 18.4. The first-order valence-corrected chi connectivity index (χ1v) is 9.45. The predicted molar refractivity (Wildman–Crippen MR) is 88.6 cm³/mol. The molecule has 0 saturated carbocycles. The topological polar surface area (TPSA) is 121 Å². The van der Waals surface area contributed by atoms with Gasteiger partial charge in [-0.3, -0.25) is 9.36 Å². The second-order valence-electron chi connectivity index (χ2n) is 6.03. The van der Waals surface area contributed by atoms with Gasteiger partial charge in [0, 0.05) is 33.3 Å². The van der Waals surface area contributed by atoms with Crippen LogP contribution in [0.15, 0.2) is 20.7 Å². The Labute approximate surface area is 144 Å². The summed E-state index contributed by atoms with van der Waals surface area (Å²) in [4.78, 5) is 27.9. The zero-order valence-electron chi connectivity index (χ0n) is 14.3. The molecule has 0 spiro atoms. The fourth-order valence-electron chi connectivity index (χ4n) is 2.87. The van der Waals surface area contributed by atoms with Crippen molar-refractivity contribution in [1.29, 1.82) is 0 Å². The Morgan fingerprint density at radius 2 is 2.04 bits per heavy atom. The van der Waals surface area contributed by atoms with E-state index >= 15 is 0 Å². The predicted octanol–water partition coefficient (Wildman–Crippen LogP) is -0.949. The molecule has 2 aromatic rings. The monoisotopic (exact) mass is 368 g/mol. The summed E-state index contributed by atoms with van der Waals surface area (Å²) in [6, 6.07) is -0.562. The molecule has 0 aliphatic carbocycles. The van der Waals surface area contributed by atoms with Crippen LogP contribution in [-0.4, -0.2) is 32.3 Å². The van der Waals surface area contributed by atoms with Gasteiger partial charge in [0.1, 0.15) is 5.82 Å². The third kappa shape index (κ3) is 3.04. The second-order valence-corrected chi connectivity index (χ2v) is 7.71. The van der Waals surface area contributed by atoms with Gasteiger partial charge in [-0.15, -0.1) is 0 Å². The quantitative estimate of drug-likeness (QED) is 0.743. The zero-order valence-corrected chi connectivity index (χ0v) is 15.1. The molecule has 0 radical (unpaired) electrons. The molecular weight excluding hydrogens is 348 g/mol. The minimum atomic E-state index is -4.12. The van der Waals surface area contributed by atoms with E-state index in [4.69, 9.17) is 0 Å². The molecule has 0 amide bonds. The van der Waals surface area contributed by atoms with Crippen LogP contribution >= 0.6 is 0 Å². The number of aryl methyl sites for hydroxylation is 3. The summed E-state index contributed by atoms with van der Waals surface area (Å²) in [5.41, 5.74) is -1.45. The van der Waals surface area contributed by atoms with Crippen LogP contribution in [0.25, 0.3) is 0 Å². The fraction of sp³-hybridized carbons (Fsp3) is 0.571. The summed E-state index contributed by atoms with van der Waals surface area (Å²) >= 11 is 0. The maximum Gasteiger partial charge on any atom is 0.330 e. The minimum Gasteiger partial charge on any atom is -0.302 e. The number of sulfonamides is 1. The second kappa shape index (κ2) is 6.23. The maximum atomic E-state index is 12.7. The van der Waals surface area contributed by atoms with Gasteiger partial charge in [-0.1, -0.05) is 6.92 Å². The smallest absolute Gasteiger partial charge is 0.302 e. The Bertz CT molecular complexity index is 1030. The van der Waals surface area contributed by atoms with Crippen molar-refractivity contribution < 1.29 is 8.42 Å². The van der Waals surface area contributed by atoms with Gasteiger partial charge in [0.05, 0.1) is 6.04 Å². The van der Waals surface area contributed by atoms with Crippen LogP contribution in [0.1, 0.15) is 37.5 Å². The van der Waals surface area contributed by atoms with E-state index < -0.39 is 32.2 Å². The van der Waals surface area contributed by atoms with E-state index in [1.165, 1.54) is 14.1 Å². The molecule has 0 unspecified atom stereocenters. The van der Waals surface area contributed by atoms with Gasteiger partial charge in [0.25, 0.3) is 5.56 Å². The lowest BCUT2D eigenvalue weighted by Crippen LogP contribution is -2.42. The van der Waals surface area contributed by atoms with Crippen LogP contribution in [0.3, 0.4) is 0 Å². The summed E-state index contributed by atoms with van der Waals surface area (Å²) in [5, 5.41) is 4.34. The maximum absolute atomic E-state index is 12.7. The molecule has 0 saturated heterocycles. The largest absolute Gasteiger partial charge is 0.330 e. The molecule has 2 aromatic heterocycles. The highest BCUT2D eigenvalue weighted by molar-refractivity contribution is 7.89. The van der Waals surface area contributed by atoms with E-state index in [1.807, 2.05) is 6.92 Å². The molecule has 0 bridgehead atoms. The van der Waals surface area contributed by atoms with E-state index in [-0.39, 0.29) is 0 Å². The lowest BCUT2D eigenvalue weighted by atomic mass is 10.1. The van der Waals surface area contributed by atoms with Crippen LogP contribution in [0.5, 0.6) is 0 Å². The highest BCUT2D eigenvalue weighted by atomic mass is 32.2. The van der Waals surface area contributed by atoms with E-state index in [9.17, 15) is 18.0 Å². The van der Waals surface area contributed by atoms with E-state index in [0.717, 1.165) is 21.8 Å². The number of nitrogens with zero attached hydrogens (tertiary/aromatic N) is 5. The summed E-state index contributed by atoms with van der Waals surface area (Å²) in [5.74, 6) is 1.20. The van der Waals surface area contributed by atoms with Gasteiger partial charge in [0.2, 0.25) is 10.0 Å². The van der Waals surface area contributed by atoms with Crippen LogP contribution in [0.4, 0.5) is 0 Å². The van der Waals surface area contributed by atoms with Gasteiger partial charge < -0.3 is 4.57 Å². The molecule has 11 heteroatoms. The third-order valence-electron chi connectivity index (χ3n) is 4.24. The highest BCUT2D eigenvalue weighted by Crippen LogP contribution is 2.24. The molecular formula is C14H20N6O4S. The van der Waals surface area contributed by atoms with Gasteiger partial charge >= 0.3 is 5.69 Å². The van der Waals surface area contributed by atoms with Crippen molar-refractivity contribution >= 4 is 10.0 Å². The first kappa shape index (κ1) is 17.5. The molecule has 0 aromatic carbocycles. The van der Waals surface area contributed by atoms with Crippen molar-refractivity contribution in [3.05, 3.63) is 38.7 Å². The standard InChI is InChI=1S/C14H20N6O4S/c1-4-11-15-12-9(6-5-7-20(12)16-11)17-25(23,24)10-8-18(2)14(22)19(3)13(10)21/h8-9,17H,4-7H2,1-3H3/t9-/m0/s1. The van der Waals surface area contributed by atoms with Crippen LogP contribution in [0.2, 0.25) is 0 Å². The lowest BCUT2D eigenvalue weighted by Gasteiger charge is -2.23. The summed E-state index contributed by atoms with van der Waals surface area (Å²) in [7, 11) is -1.48. The lowest BCUT2D eigenvalue weighted by molar-refractivity contribution is 0.399. The average molecular weight is 368 g/mol. The number of aromatic nitrogens is 5. The normalized spacial score (nSPS) is 17.5. The third-order valence-corrected chi connectivity index (χ3v) is 5.69. The molecule has 1 N–H and O–H groups in total. The Morgan fingerprint density at radius 1 is 1.32 bits per heavy atom. The van der Waals surface area contributed by atoms with Crippen molar-refractivity contribution in [3.63, 3.8) is 0 Å². The van der Waals surface area contributed by atoms with E-state index in [1.54, 1.807) is 4.68 Å². The van der Waals surface area contributed by atoms with Crippen molar-refractivity contribution in [2.75, 3.05) is 0 Å². The van der Waals surface area contributed by atoms with Gasteiger partial charge in [-0.05, 0) is 12.8 Å². The van der Waals surface area contributed by atoms with Crippen LogP contribution in [0, 0.1) is 0 Å². The van der Waals surface area contributed by atoms with Crippen LogP contribution < -0.4 is 16.0 Å². The van der Waals surface area contributed by atoms with Crippen molar-refractivity contribution in [3.8, 4) is 0 Å². The first-order valence-electron chi connectivity index (χ1n) is 7.97. The molecule has 3 rings (SSSR count). The molecule has 10 nitrogen and oxygen atoms in total. The number of fused-ring (bicyclic) bond motifs is 1. The Balaban J connectivity index is 2.01.